The fourth-order valence-corrected chi connectivity index (χ4v) is 4.13. The Morgan fingerprint density at radius 1 is 1.35 bits per heavy atom. The summed E-state index contributed by atoms with van der Waals surface area (Å²) in [5, 5.41) is 3.13. The molecule has 0 bridgehead atoms. The van der Waals surface area contributed by atoms with Crippen LogP contribution in [0.1, 0.15) is 60.8 Å². The number of carbonyl (C=O) groups is 1. The molecule has 1 amide bonds. The van der Waals surface area contributed by atoms with Gasteiger partial charge >= 0.3 is 0 Å². The van der Waals surface area contributed by atoms with Crippen LogP contribution < -0.4 is 11.1 Å². The Balaban J connectivity index is 0.00000312. The van der Waals surface area contributed by atoms with E-state index >= 15 is 0 Å². The molecule has 0 aromatic carbocycles. The zero-order valence-corrected chi connectivity index (χ0v) is 18.9. The van der Waals surface area contributed by atoms with E-state index in [0.29, 0.717) is 19.6 Å². The highest BCUT2D eigenvalue weighted by atomic mass is 35.5. The molecule has 156 valence electrons. The molecule has 0 spiro atoms. The lowest BCUT2D eigenvalue weighted by Crippen LogP contribution is -2.76. The molecule has 1 saturated heterocycles. The number of hydrogen-bond acceptors (Lipinski definition) is 4. The number of ether oxygens (including phenoxy) is 1. The van der Waals surface area contributed by atoms with Gasteiger partial charge in [0.05, 0.1) is 6.10 Å². The van der Waals surface area contributed by atoms with Crippen molar-refractivity contribution in [2.75, 3.05) is 26.2 Å². The van der Waals surface area contributed by atoms with E-state index in [4.69, 9.17) is 10.5 Å². The van der Waals surface area contributed by atoms with E-state index < -0.39 is 5.54 Å². The van der Waals surface area contributed by atoms with E-state index in [0.717, 1.165) is 19.0 Å². The molecule has 0 radical (unpaired) electrons. The summed E-state index contributed by atoms with van der Waals surface area (Å²) in [5.41, 5.74) is 5.25. The predicted molar refractivity (Wildman–Crippen MR) is 112 cm³/mol. The highest BCUT2D eigenvalue weighted by molar-refractivity contribution is 5.88. The molecule has 2 fully saturated rings. The van der Waals surface area contributed by atoms with Crippen LogP contribution in [0.25, 0.3) is 0 Å². The number of piperidine rings is 1. The number of nitrogens with one attached hydrogen (secondary N) is 1. The van der Waals surface area contributed by atoms with E-state index in [2.05, 4.69) is 31.0 Å². The van der Waals surface area contributed by atoms with Crippen LogP contribution in [0.3, 0.4) is 0 Å². The van der Waals surface area contributed by atoms with Crippen LogP contribution in [-0.4, -0.2) is 54.2 Å². The number of carbonyl (C=O) groups excluding carboxylic acids is 1. The van der Waals surface area contributed by atoms with Crippen molar-refractivity contribution in [2.45, 2.75) is 78.0 Å². The molecule has 2 rings (SSSR count). The number of rotatable bonds is 6. The van der Waals surface area contributed by atoms with Crippen LogP contribution >= 0.6 is 24.8 Å². The first-order valence-electron chi connectivity index (χ1n) is 9.48. The summed E-state index contributed by atoms with van der Waals surface area (Å²) in [6, 6.07) is 0. The van der Waals surface area contributed by atoms with Gasteiger partial charge in [-0.25, -0.2) is 0 Å². The van der Waals surface area contributed by atoms with Gasteiger partial charge in [-0.05, 0) is 46.1 Å². The van der Waals surface area contributed by atoms with Crippen molar-refractivity contribution in [2.24, 2.45) is 17.1 Å². The monoisotopic (exact) mass is 411 g/mol. The Kier molecular flexibility index (Phi) is 9.39. The standard InChI is InChI=1S/C19H37N3O2.2ClH/c1-7-24-15-11-19(20,18(15,5)6)16(23)21-13-17(3,4)22-10-8-9-14(2)12-22;;/h14-15H,7-13,20H2,1-6H3,(H,21,23);2*1H. The second-order valence-corrected chi connectivity index (χ2v) is 9.03. The quantitative estimate of drug-likeness (QED) is 0.704. The first kappa shape index (κ1) is 25.9. The summed E-state index contributed by atoms with van der Waals surface area (Å²) in [7, 11) is 0. The molecule has 1 saturated carbocycles. The smallest absolute Gasteiger partial charge is 0.240 e. The fourth-order valence-electron chi connectivity index (χ4n) is 4.13. The van der Waals surface area contributed by atoms with Gasteiger partial charge in [-0.1, -0.05) is 20.8 Å². The fraction of sp³-hybridized carbons (Fsp3) is 0.947. The van der Waals surface area contributed by atoms with Gasteiger partial charge in [0.1, 0.15) is 5.54 Å². The maximum atomic E-state index is 12.8. The van der Waals surface area contributed by atoms with Gasteiger partial charge in [-0.15, -0.1) is 24.8 Å². The molecule has 3 atom stereocenters. The van der Waals surface area contributed by atoms with E-state index in [1.165, 1.54) is 12.8 Å². The topological polar surface area (TPSA) is 67.6 Å². The number of nitrogens with two attached hydrogens (primary N) is 1. The van der Waals surface area contributed by atoms with Crippen molar-refractivity contribution in [1.82, 2.24) is 10.2 Å². The van der Waals surface area contributed by atoms with Crippen molar-refractivity contribution in [1.29, 1.82) is 0 Å². The molecule has 2 aliphatic rings. The molecule has 5 nitrogen and oxygen atoms in total. The molecule has 0 aromatic heterocycles. The van der Waals surface area contributed by atoms with Crippen molar-refractivity contribution in [3.63, 3.8) is 0 Å². The van der Waals surface area contributed by atoms with E-state index in [1.54, 1.807) is 0 Å². The highest BCUT2D eigenvalue weighted by Crippen LogP contribution is 2.49. The zero-order chi connectivity index (χ0) is 18.2. The molecule has 0 aromatic rings. The zero-order valence-electron chi connectivity index (χ0n) is 17.3. The molecule has 1 aliphatic carbocycles. The molecular weight excluding hydrogens is 373 g/mol. The van der Waals surface area contributed by atoms with Gasteiger partial charge in [0.2, 0.25) is 5.91 Å². The second kappa shape index (κ2) is 9.42. The maximum absolute atomic E-state index is 12.8. The summed E-state index contributed by atoms with van der Waals surface area (Å²) in [6.45, 7) is 16.3. The Labute approximate surface area is 172 Å². The minimum absolute atomic E-state index is 0. The van der Waals surface area contributed by atoms with Crippen molar-refractivity contribution in [3.05, 3.63) is 0 Å². The van der Waals surface area contributed by atoms with Crippen LogP contribution in [0.5, 0.6) is 0 Å². The highest BCUT2D eigenvalue weighted by Gasteiger charge is 2.62. The largest absolute Gasteiger partial charge is 0.378 e. The third kappa shape index (κ3) is 4.85. The summed E-state index contributed by atoms with van der Waals surface area (Å²) < 4.78 is 5.72. The van der Waals surface area contributed by atoms with Gasteiger partial charge in [-0.2, -0.15) is 0 Å². The third-order valence-electron chi connectivity index (χ3n) is 6.43. The molecule has 1 heterocycles. The van der Waals surface area contributed by atoms with Crippen LogP contribution in [0.4, 0.5) is 0 Å². The third-order valence-corrected chi connectivity index (χ3v) is 6.43. The van der Waals surface area contributed by atoms with Crippen molar-refractivity contribution < 1.29 is 9.53 Å². The lowest BCUT2D eigenvalue weighted by Gasteiger charge is -2.57. The minimum Gasteiger partial charge on any atom is -0.378 e. The Hall–Kier alpha value is -0.0700. The van der Waals surface area contributed by atoms with Crippen molar-refractivity contribution >= 4 is 30.7 Å². The SMILES string of the molecule is CCOC1CC(N)(C(=O)NCC(C)(C)N2CCCC(C)C2)C1(C)C.Cl.Cl. The van der Waals surface area contributed by atoms with Crippen LogP contribution in [0.2, 0.25) is 0 Å². The Morgan fingerprint density at radius 2 is 1.96 bits per heavy atom. The van der Waals surface area contributed by atoms with E-state index in [1.807, 2.05) is 20.8 Å². The Morgan fingerprint density at radius 3 is 2.46 bits per heavy atom. The van der Waals surface area contributed by atoms with E-state index in [-0.39, 0.29) is 47.8 Å². The van der Waals surface area contributed by atoms with Gasteiger partial charge in [0, 0.05) is 37.1 Å². The van der Waals surface area contributed by atoms with Gasteiger partial charge in [-0.3, -0.25) is 9.69 Å². The van der Waals surface area contributed by atoms with E-state index in [9.17, 15) is 4.79 Å². The lowest BCUT2D eigenvalue weighted by molar-refractivity contribution is -0.171. The summed E-state index contributed by atoms with van der Waals surface area (Å²) in [5.74, 6) is 0.689. The molecule has 3 N–H and O–H groups in total. The second-order valence-electron chi connectivity index (χ2n) is 9.03. The number of likely N-dealkylation sites (tertiary alicyclic amines) is 1. The number of amides is 1. The normalized spacial score (nSPS) is 31.2. The maximum Gasteiger partial charge on any atom is 0.240 e. The summed E-state index contributed by atoms with van der Waals surface area (Å²) >= 11 is 0. The molecule has 7 heteroatoms. The van der Waals surface area contributed by atoms with Crippen LogP contribution in [-0.2, 0) is 9.53 Å². The average molecular weight is 412 g/mol. The number of halogens is 2. The van der Waals surface area contributed by atoms with Crippen LogP contribution in [0.15, 0.2) is 0 Å². The molecule has 3 unspecified atom stereocenters. The predicted octanol–water partition coefficient (Wildman–Crippen LogP) is 2.99. The first-order chi connectivity index (χ1) is 11.0. The minimum atomic E-state index is -0.835. The van der Waals surface area contributed by atoms with Gasteiger partial charge < -0.3 is 15.8 Å². The average Bonchev–Trinajstić information content (AvgIpc) is 2.52. The van der Waals surface area contributed by atoms with Gasteiger partial charge in [0.25, 0.3) is 0 Å². The molecular formula is C19H39Cl2N3O2. The first-order valence-corrected chi connectivity index (χ1v) is 9.48. The van der Waals surface area contributed by atoms with Crippen LogP contribution in [0, 0.1) is 11.3 Å². The summed E-state index contributed by atoms with van der Waals surface area (Å²) in [6.07, 6.45) is 3.20. The number of hydrogen-bond donors (Lipinski definition) is 2. The molecule has 26 heavy (non-hydrogen) atoms. The summed E-state index contributed by atoms with van der Waals surface area (Å²) in [4.78, 5) is 15.3. The number of nitrogens with zero attached hydrogens (tertiary/aromatic N) is 1. The lowest BCUT2D eigenvalue weighted by atomic mass is 9.54. The Bertz CT molecular complexity index is 474. The van der Waals surface area contributed by atoms with Crippen molar-refractivity contribution in [3.8, 4) is 0 Å². The molecule has 1 aliphatic heterocycles. The van der Waals surface area contributed by atoms with Gasteiger partial charge in [0.15, 0.2) is 0 Å².